The summed E-state index contributed by atoms with van der Waals surface area (Å²) in [4.78, 5) is 25.2. The Balaban J connectivity index is 2.23. The molecule has 0 N–H and O–H groups in total. The summed E-state index contributed by atoms with van der Waals surface area (Å²) >= 11 is 0.776. The van der Waals surface area contributed by atoms with Gasteiger partial charge in [-0.05, 0) is 57.6 Å². The molecular formula is C22H13F17INO2. The lowest BCUT2D eigenvalue weighted by atomic mass is 9.89. The number of hydrogen-bond donors (Lipinski definition) is 0. The Labute approximate surface area is 242 Å². The molecule has 2 amide bonds. The van der Waals surface area contributed by atoms with Gasteiger partial charge in [-0.15, -0.1) is 0 Å². The van der Waals surface area contributed by atoms with Crippen molar-refractivity contribution in [3.8, 4) is 0 Å². The van der Waals surface area contributed by atoms with Crippen LogP contribution < -0.4 is 0 Å². The number of fused-ring (bicyclic) bond motifs is 1. The second kappa shape index (κ2) is 11.2. The van der Waals surface area contributed by atoms with E-state index in [0.717, 1.165) is 22.6 Å². The molecule has 0 saturated heterocycles. The first-order valence-corrected chi connectivity index (χ1v) is 12.2. The molecule has 21 heteroatoms. The Kier molecular flexibility index (Phi) is 9.61. The van der Waals surface area contributed by atoms with E-state index in [1.54, 1.807) is 0 Å². The smallest absolute Gasteiger partial charge is 0.274 e. The van der Waals surface area contributed by atoms with Crippen LogP contribution in [0.4, 0.5) is 74.6 Å². The van der Waals surface area contributed by atoms with Crippen LogP contribution in [-0.2, 0) is 0 Å². The molecule has 0 unspecified atom stereocenters. The number of benzene rings is 1. The van der Waals surface area contributed by atoms with Crippen molar-refractivity contribution < 1.29 is 84.2 Å². The van der Waals surface area contributed by atoms with Gasteiger partial charge < -0.3 is 0 Å². The Morgan fingerprint density at radius 2 is 0.977 bits per heavy atom. The van der Waals surface area contributed by atoms with Gasteiger partial charge >= 0.3 is 47.6 Å². The lowest BCUT2D eigenvalue weighted by Crippen LogP contribution is -2.74. The molecule has 43 heavy (non-hydrogen) atoms. The molecule has 244 valence electrons. The number of amides is 2. The molecule has 0 aromatic heterocycles. The van der Waals surface area contributed by atoms with Crippen LogP contribution in [0.5, 0.6) is 0 Å². The van der Waals surface area contributed by atoms with E-state index in [2.05, 4.69) is 0 Å². The average Bonchev–Trinajstić information content (AvgIpc) is 3.09. The third-order valence-corrected chi connectivity index (χ3v) is 6.86. The highest BCUT2D eigenvalue weighted by Gasteiger charge is 2.95. The monoisotopic (exact) mass is 773 g/mol. The van der Waals surface area contributed by atoms with Crippen LogP contribution in [0.3, 0.4) is 0 Å². The van der Waals surface area contributed by atoms with Crippen molar-refractivity contribution in [1.29, 1.82) is 0 Å². The lowest BCUT2D eigenvalue weighted by Gasteiger charge is -2.42. The van der Waals surface area contributed by atoms with Crippen molar-refractivity contribution in [3.63, 3.8) is 0 Å². The van der Waals surface area contributed by atoms with E-state index in [1.165, 1.54) is 24.3 Å². The SMILES string of the molecule is O=C1c2ccccc2C(=O)N1CCCCC(I)=CC(F)(F)C(F)(F)C(F)(F)C(F)(F)C(F)(F)C(F)(F)C(F)(F)C(F)(F)F. The fourth-order valence-corrected chi connectivity index (χ4v) is 4.31. The first-order chi connectivity index (χ1) is 19.0. The van der Waals surface area contributed by atoms with Gasteiger partial charge in [0.15, 0.2) is 0 Å². The van der Waals surface area contributed by atoms with Gasteiger partial charge in [0.1, 0.15) is 0 Å². The third-order valence-electron chi connectivity index (χ3n) is 6.01. The fraction of sp³-hybridized carbons (Fsp3) is 0.545. The van der Waals surface area contributed by atoms with Crippen LogP contribution in [-0.4, -0.2) is 70.9 Å². The van der Waals surface area contributed by atoms with E-state index in [1.807, 2.05) is 0 Å². The summed E-state index contributed by atoms with van der Waals surface area (Å²) in [5.41, 5.74) is 0.0408. The molecule has 0 saturated carbocycles. The molecular weight excluding hydrogens is 760 g/mol. The van der Waals surface area contributed by atoms with Crippen molar-refractivity contribution in [2.45, 2.75) is 66.9 Å². The molecule has 2 rings (SSSR count). The predicted octanol–water partition coefficient (Wildman–Crippen LogP) is 8.78. The highest BCUT2D eigenvalue weighted by atomic mass is 127. The number of hydrogen-bond acceptors (Lipinski definition) is 2. The number of carbonyl (C=O) groups is 2. The molecule has 1 aromatic carbocycles. The summed E-state index contributed by atoms with van der Waals surface area (Å²) < 4.78 is 226. The molecule has 1 aromatic rings. The molecule has 1 aliphatic rings. The minimum atomic E-state index is -8.68. The summed E-state index contributed by atoms with van der Waals surface area (Å²) in [5.74, 6) is -58.3. The number of rotatable bonds is 12. The highest BCUT2D eigenvalue weighted by molar-refractivity contribution is 14.1. The van der Waals surface area contributed by atoms with Crippen LogP contribution in [0.15, 0.2) is 33.9 Å². The van der Waals surface area contributed by atoms with Crippen LogP contribution >= 0.6 is 22.6 Å². The minimum absolute atomic E-state index is 0.0204. The molecule has 0 radical (unpaired) electrons. The number of alkyl halides is 17. The Bertz CT molecular complexity index is 1240. The normalized spacial score (nSPS) is 16.7. The van der Waals surface area contributed by atoms with Gasteiger partial charge in [0.25, 0.3) is 11.8 Å². The zero-order valence-corrected chi connectivity index (χ0v) is 22.4. The van der Waals surface area contributed by atoms with E-state index >= 15 is 0 Å². The lowest BCUT2D eigenvalue weighted by molar-refractivity contribution is -0.459. The Morgan fingerprint density at radius 3 is 1.37 bits per heavy atom. The van der Waals surface area contributed by atoms with Crippen LogP contribution in [0.2, 0.25) is 0 Å². The second-order valence-corrected chi connectivity index (χ2v) is 10.3. The summed E-state index contributed by atoms with van der Waals surface area (Å²) in [5, 5.41) is 0. The van der Waals surface area contributed by atoms with E-state index in [4.69, 9.17) is 0 Å². The summed E-state index contributed by atoms with van der Waals surface area (Å²) in [6.07, 6.45) is -10.4. The van der Waals surface area contributed by atoms with E-state index in [9.17, 15) is 84.2 Å². The van der Waals surface area contributed by atoms with Gasteiger partial charge in [0.05, 0.1) is 11.1 Å². The van der Waals surface area contributed by atoms with Gasteiger partial charge in [-0.3, -0.25) is 14.5 Å². The maximum Gasteiger partial charge on any atom is 0.460 e. The fourth-order valence-electron chi connectivity index (χ4n) is 3.54. The van der Waals surface area contributed by atoms with E-state index in [0.29, 0.717) is 4.90 Å². The standard InChI is InChI=1S/C22H13F17INO2/c23-15(24,9-10(40)5-3-4-8-41-13(42)11-6-1-2-7-12(11)14(41)43)16(25,26)17(27,28)18(29,30)19(31,32)20(33,34)21(35,36)22(37,38)39/h1-2,6-7,9H,3-5,8H2. The molecule has 0 fully saturated rings. The van der Waals surface area contributed by atoms with Crippen LogP contribution in [0.25, 0.3) is 0 Å². The van der Waals surface area contributed by atoms with Crippen molar-refractivity contribution in [1.82, 2.24) is 4.90 Å². The van der Waals surface area contributed by atoms with Crippen molar-refractivity contribution in [2.24, 2.45) is 0 Å². The minimum Gasteiger partial charge on any atom is -0.274 e. The molecule has 1 aliphatic heterocycles. The average molecular weight is 773 g/mol. The zero-order chi connectivity index (χ0) is 33.8. The summed E-state index contributed by atoms with van der Waals surface area (Å²) in [6.45, 7) is -0.376. The van der Waals surface area contributed by atoms with Gasteiger partial charge in [-0.25, -0.2) is 0 Å². The highest BCUT2D eigenvalue weighted by Crippen LogP contribution is 2.64. The van der Waals surface area contributed by atoms with Gasteiger partial charge in [0, 0.05) is 12.6 Å². The quantitative estimate of drug-likeness (QED) is 0.0923. The molecule has 0 bridgehead atoms. The molecule has 0 spiro atoms. The predicted molar refractivity (Wildman–Crippen MR) is 118 cm³/mol. The number of halogens is 18. The topological polar surface area (TPSA) is 37.4 Å². The van der Waals surface area contributed by atoms with Crippen molar-refractivity contribution in [3.05, 3.63) is 45.0 Å². The molecule has 0 aliphatic carbocycles. The summed E-state index contributed by atoms with van der Waals surface area (Å²) in [7, 11) is 0. The molecule has 0 atom stereocenters. The third kappa shape index (κ3) is 5.66. The van der Waals surface area contributed by atoms with Gasteiger partial charge in [-0.2, -0.15) is 74.6 Å². The second-order valence-electron chi connectivity index (χ2n) is 8.92. The van der Waals surface area contributed by atoms with Gasteiger partial charge in [0.2, 0.25) is 0 Å². The van der Waals surface area contributed by atoms with Gasteiger partial charge in [-0.1, -0.05) is 12.1 Å². The summed E-state index contributed by atoms with van der Waals surface area (Å²) in [6, 6.07) is 5.48. The maximum absolute atomic E-state index is 14.1. The number of imide groups is 1. The number of nitrogens with zero attached hydrogens (tertiary/aromatic N) is 1. The first-order valence-electron chi connectivity index (χ1n) is 11.1. The number of allylic oxidation sites excluding steroid dienone is 2. The van der Waals surface area contributed by atoms with Crippen molar-refractivity contribution >= 4 is 34.4 Å². The van der Waals surface area contributed by atoms with E-state index < -0.39 is 75.5 Å². The number of carbonyl (C=O) groups excluding carboxylic acids is 2. The number of unbranched alkanes of at least 4 members (excludes halogenated alkanes) is 1. The zero-order valence-electron chi connectivity index (χ0n) is 20.3. The molecule has 1 heterocycles. The maximum atomic E-state index is 14.1. The van der Waals surface area contributed by atoms with E-state index in [-0.39, 0.29) is 30.5 Å². The van der Waals surface area contributed by atoms with Crippen molar-refractivity contribution in [2.75, 3.05) is 6.54 Å². The van der Waals surface area contributed by atoms with Crippen LogP contribution in [0, 0.1) is 0 Å². The molecule has 3 nitrogen and oxygen atoms in total. The Hall–Kier alpha value is -2.36. The van der Waals surface area contributed by atoms with Crippen LogP contribution in [0.1, 0.15) is 40.0 Å². The Morgan fingerprint density at radius 1 is 0.605 bits per heavy atom. The first kappa shape index (κ1) is 36.8. The largest absolute Gasteiger partial charge is 0.460 e.